The SMILES string of the molecule is COc1cc(C(=O)N(Cc2ccccc2[N+](=O)[O-])CC(F)(F)F)cc(Cl)c1OC. The molecule has 0 aliphatic heterocycles. The van der Waals surface area contributed by atoms with Crippen LogP contribution in [0.1, 0.15) is 15.9 Å². The number of alkyl halides is 3. The van der Waals surface area contributed by atoms with Gasteiger partial charge in [0, 0.05) is 17.2 Å². The molecule has 0 saturated carbocycles. The lowest BCUT2D eigenvalue weighted by Crippen LogP contribution is -2.38. The van der Waals surface area contributed by atoms with Crippen LogP contribution in [0.15, 0.2) is 36.4 Å². The van der Waals surface area contributed by atoms with Crippen molar-refractivity contribution >= 4 is 23.2 Å². The Balaban J connectivity index is 2.47. The van der Waals surface area contributed by atoms with Gasteiger partial charge in [0.1, 0.15) is 6.54 Å². The van der Waals surface area contributed by atoms with Crippen LogP contribution in [0.4, 0.5) is 18.9 Å². The predicted molar refractivity (Wildman–Crippen MR) is 98.4 cm³/mol. The number of amides is 1. The summed E-state index contributed by atoms with van der Waals surface area (Å²) in [5, 5.41) is 11.1. The minimum absolute atomic E-state index is 0.0344. The van der Waals surface area contributed by atoms with Gasteiger partial charge in [0.15, 0.2) is 11.5 Å². The first-order valence-corrected chi connectivity index (χ1v) is 8.45. The molecule has 0 aliphatic carbocycles. The van der Waals surface area contributed by atoms with Crippen molar-refractivity contribution < 1.29 is 32.4 Å². The predicted octanol–water partition coefficient (Wildman–Crippen LogP) is 4.47. The Morgan fingerprint density at radius 2 is 1.86 bits per heavy atom. The van der Waals surface area contributed by atoms with Crippen molar-refractivity contribution in [2.45, 2.75) is 12.7 Å². The molecule has 0 bridgehead atoms. The molecule has 0 radical (unpaired) electrons. The monoisotopic (exact) mass is 432 g/mol. The number of para-hydroxylation sites is 1. The van der Waals surface area contributed by atoms with E-state index in [1.54, 1.807) is 0 Å². The van der Waals surface area contributed by atoms with Crippen LogP contribution < -0.4 is 9.47 Å². The molecule has 0 heterocycles. The minimum Gasteiger partial charge on any atom is -0.493 e. The molecule has 156 valence electrons. The molecule has 2 aromatic rings. The molecular formula is C18H16ClF3N2O5. The number of benzene rings is 2. The van der Waals surface area contributed by atoms with Crippen LogP contribution in [-0.4, -0.2) is 42.7 Å². The van der Waals surface area contributed by atoms with Gasteiger partial charge in [-0.3, -0.25) is 14.9 Å². The standard InChI is InChI=1S/C18H16ClF3N2O5/c1-28-15-8-12(7-13(19)16(15)29-2)17(25)23(10-18(20,21)22)9-11-5-3-4-6-14(11)24(26)27/h3-8H,9-10H2,1-2H3. The molecule has 0 aliphatic rings. The maximum absolute atomic E-state index is 13.1. The summed E-state index contributed by atoms with van der Waals surface area (Å²) in [4.78, 5) is 23.7. The van der Waals surface area contributed by atoms with Gasteiger partial charge in [0.2, 0.25) is 0 Å². The smallest absolute Gasteiger partial charge is 0.406 e. The van der Waals surface area contributed by atoms with Gasteiger partial charge in [-0.25, -0.2) is 0 Å². The van der Waals surface area contributed by atoms with Crippen LogP contribution in [0, 0.1) is 10.1 Å². The molecule has 0 saturated heterocycles. The number of carbonyl (C=O) groups is 1. The number of hydrogen-bond donors (Lipinski definition) is 0. The van der Waals surface area contributed by atoms with Gasteiger partial charge in [0.05, 0.1) is 30.7 Å². The average molecular weight is 433 g/mol. The minimum atomic E-state index is -4.72. The molecular weight excluding hydrogens is 417 g/mol. The van der Waals surface area contributed by atoms with Crippen molar-refractivity contribution in [1.29, 1.82) is 0 Å². The van der Waals surface area contributed by atoms with Crippen LogP contribution in [0.5, 0.6) is 11.5 Å². The summed E-state index contributed by atoms with van der Waals surface area (Å²) in [7, 11) is 2.60. The molecule has 11 heteroatoms. The lowest BCUT2D eigenvalue weighted by atomic mass is 10.1. The second-order valence-corrected chi connectivity index (χ2v) is 6.26. The van der Waals surface area contributed by atoms with Crippen molar-refractivity contribution in [3.63, 3.8) is 0 Å². The summed E-state index contributed by atoms with van der Waals surface area (Å²) >= 11 is 6.04. The lowest BCUT2D eigenvalue weighted by Gasteiger charge is -2.24. The summed E-state index contributed by atoms with van der Waals surface area (Å²) in [5.41, 5.74) is -0.616. The zero-order valence-corrected chi connectivity index (χ0v) is 16.1. The Morgan fingerprint density at radius 3 is 2.41 bits per heavy atom. The van der Waals surface area contributed by atoms with E-state index in [0.29, 0.717) is 4.90 Å². The maximum Gasteiger partial charge on any atom is 0.406 e. The number of methoxy groups -OCH3 is 2. The van der Waals surface area contributed by atoms with Gasteiger partial charge in [-0.05, 0) is 12.1 Å². The van der Waals surface area contributed by atoms with E-state index in [1.165, 1.54) is 38.5 Å². The molecule has 7 nitrogen and oxygen atoms in total. The first-order valence-electron chi connectivity index (χ1n) is 8.07. The van der Waals surface area contributed by atoms with Gasteiger partial charge in [-0.15, -0.1) is 0 Å². The Kier molecular flexibility index (Phi) is 6.91. The highest BCUT2D eigenvalue weighted by molar-refractivity contribution is 6.32. The Labute approximate surface area is 168 Å². The van der Waals surface area contributed by atoms with Crippen LogP contribution >= 0.6 is 11.6 Å². The van der Waals surface area contributed by atoms with E-state index in [2.05, 4.69) is 0 Å². The second-order valence-electron chi connectivity index (χ2n) is 5.86. The summed E-state index contributed by atoms with van der Waals surface area (Å²) in [6.45, 7) is -2.23. The molecule has 0 atom stereocenters. The second kappa shape index (κ2) is 8.99. The molecule has 2 aromatic carbocycles. The molecule has 1 amide bonds. The van der Waals surface area contributed by atoms with E-state index in [0.717, 1.165) is 12.1 Å². The number of nitro benzene ring substituents is 1. The Bertz CT molecular complexity index is 921. The van der Waals surface area contributed by atoms with E-state index < -0.39 is 35.8 Å². The molecule has 0 unspecified atom stereocenters. The van der Waals surface area contributed by atoms with Crippen molar-refractivity contribution in [2.24, 2.45) is 0 Å². The topological polar surface area (TPSA) is 81.9 Å². The highest BCUT2D eigenvalue weighted by Crippen LogP contribution is 2.36. The van der Waals surface area contributed by atoms with Crippen molar-refractivity contribution in [2.75, 3.05) is 20.8 Å². The lowest BCUT2D eigenvalue weighted by molar-refractivity contribution is -0.385. The molecule has 29 heavy (non-hydrogen) atoms. The van der Waals surface area contributed by atoms with Crippen LogP contribution in [-0.2, 0) is 6.54 Å². The molecule has 0 fully saturated rings. The quantitative estimate of drug-likeness (QED) is 0.476. The van der Waals surface area contributed by atoms with Gasteiger partial charge >= 0.3 is 6.18 Å². The fourth-order valence-electron chi connectivity index (χ4n) is 2.67. The third-order valence-electron chi connectivity index (χ3n) is 3.89. The number of carbonyl (C=O) groups excluding carboxylic acids is 1. The first-order chi connectivity index (χ1) is 13.6. The highest BCUT2D eigenvalue weighted by atomic mass is 35.5. The van der Waals surface area contributed by atoms with E-state index in [1.807, 2.05) is 0 Å². The number of rotatable bonds is 7. The zero-order chi connectivity index (χ0) is 21.8. The van der Waals surface area contributed by atoms with Crippen LogP contribution in [0.2, 0.25) is 5.02 Å². The van der Waals surface area contributed by atoms with Gasteiger partial charge in [-0.2, -0.15) is 13.2 Å². The zero-order valence-electron chi connectivity index (χ0n) is 15.3. The van der Waals surface area contributed by atoms with Gasteiger partial charge in [-0.1, -0.05) is 29.8 Å². The number of halogens is 4. The number of hydrogen-bond acceptors (Lipinski definition) is 5. The first kappa shape index (κ1) is 22.3. The van der Waals surface area contributed by atoms with Gasteiger partial charge in [0.25, 0.3) is 11.6 Å². The third-order valence-corrected chi connectivity index (χ3v) is 4.17. The van der Waals surface area contributed by atoms with E-state index >= 15 is 0 Å². The normalized spacial score (nSPS) is 11.1. The van der Waals surface area contributed by atoms with Crippen LogP contribution in [0.3, 0.4) is 0 Å². The van der Waals surface area contributed by atoms with Crippen molar-refractivity contribution in [3.05, 3.63) is 62.7 Å². The molecule has 0 spiro atoms. The average Bonchev–Trinajstić information content (AvgIpc) is 2.65. The van der Waals surface area contributed by atoms with E-state index in [4.69, 9.17) is 21.1 Å². The van der Waals surface area contributed by atoms with E-state index in [-0.39, 0.29) is 27.6 Å². The molecule has 0 aromatic heterocycles. The summed E-state index contributed by atoms with van der Waals surface area (Å²) in [5.74, 6) is -0.851. The summed E-state index contributed by atoms with van der Waals surface area (Å²) < 4.78 is 49.4. The third kappa shape index (κ3) is 5.50. The maximum atomic E-state index is 13.1. The Morgan fingerprint density at radius 1 is 1.21 bits per heavy atom. The Hall–Kier alpha value is -3.01. The highest BCUT2D eigenvalue weighted by Gasteiger charge is 2.34. The molecule has 0 N–H and O–H groups in total. The van der Waals surface area contributed by atoms with Crippen LogP contribution in [0.25, 0.3) is 0 Å². The van der Waals surface area contributed by atoms with Crippen molar-refractivity contribution in [1.82, 2.24) is 4.90 Å². The van der Waals surface area contributed by atoms with Gasteiger partial charge < -0.3 is 14.4 Å². The van der Waals surface area contributed by atoms with Crippen molar-refractivity contribution in [3.8, 4) is 11.5 Å². The largest absolute Gasteiger partial charge is 0.493 e. The molecule has 2 rings (SSSR count). The fraction of sp³-hybridized carbons (Fsp3) is 0.278. The number of nitro groups is 1. The number of nitrogens with zero attached hydrogens (tertiary/aromatic N) is 2. The summed E-state index contributed by atoms with van der Waals surface area (Å²) in [6.07, 6.45) is -4.72. The fourth-order valence-corrected chi connectivity index (χ4v) is 2.96. The van der Waals surface area contributed by atoms with E-state index in [9.17, 15) is 28.1 Å². The summed E-state index contributed by atoms with van der Waals surface area (Å²) in [6, 6.07) is 7.59. The number of ether oxygens (including phenoxy) is 2.